The molecule has 0 N–H and O–H groups in total. The highest BCUT2D eigenvalue weighted by Crippen LogP contribution is 2.44. The molecule has 0 radical (unpaired) electrons. The van der Waals surface area contributed by atoms with E-state index < -0.39 is 0 Å². The van der Waals surface area contributed by atoms with E-state index >= 15 is 0 Å². The van der Waals surface area contributed by atoms with Gasteiger partial charge in [-0.2, -0.15) is 0 Å². The van der Waals surface area contributed by atoms with Crippen LogP contribution in [0.15, 0.2) is 28.1 Å². The summed E-state index contributed by atoms with van der Waals surface area (Å²) in [5.74, 6) is 0.670. The minimum Gasteiger partial charge on any atom is -0.495 e. The molecule has 0 saturated heterocycles. The lowest BCUT2D eigenvalue weighted by Gasteiger charge is -2.15. The van der Waals surface area contributed by atoms with E-state index in [0.717, 1.165) is 14.9 Å². The minimum atomic E-state index is -0.387. The maximum atomic E-state index is 6.47. The highest BCUT2D eigenvalue weighted by molar-refractivity contribution is 9.10. The molecule has 18 heavy (non-hydrogen) atoms. The molecular formula is C12H8BrCl3OS. The standard InChI is InChI=1S/C12H8BrCl3OS/c1-17-11-7(4-6(14)5-8(11)13)10(16)12-9(15)2-3-18-12/h2-5,10H,1H3. The zero-order valence-electron chi connectivity index (χ0n) is 9.22. The molecule has 2 aromatic rings. The van der Waals surface area contributed by atoms with Gasteiger partial charge in [0, 0.05) is 15.5 Å². The van der Waals surface area contributed by atoms with Crippen molar-refractivity contribution in [3.05, 3.63) is 48.5 Å². The number of rotatable bonds is 3. The zero-order chi connectivity index (χ0) is 13.3. The van der Waals surface area contributed by atoms with E-state index in [1.54, 1.807) is 19.2 Å². The summed E-state index contributed by atoms with van der Waals surface area (Å²) < 4.78 is 6.13. The first-order valence-corrected chi connectivity index (χ1v) is 7.81. The third-order valence-electron chi connectivity index (χ3n) is 2.39. The van der Waals surface area contributed by atoms with Crippen molar-refractivity contribution < 1.29 is 4.74 Å². The predicted octanol–water partition coefficient (Wildman–Crippen LogP) is 6.15. The van der Waals surface area contributed by atoms with Crippen LogP contribution < -0.4 is 4.74 Å². The van der Waals surface area contributed by atoms with Gasteiger partial charge in [-0.25, -0.2) is 0 Å². The normalized spacial score (nSPS) is 12.5. The molecule has 0 fully saturated rings. The second kappa shape index (κ2) is 6.02. The van der Waals surface area contributed by atoms with Crippen LogP contribution in [0.3, 0.4) is 0 Å². The minimum absolute atomic E-state index is 0.387. The summed E-state index contributed by atoms with van der Waals surface area (Å²) >= 11 is 23.5. The van der Waals surface area contributed by atoms with Crippen LogP contribution in [0.1, 0.15) is 15.8 Å². The van der Waals surface area contributed by atoms with Gasteiger partial charge in [0.25, 0.3) is 0 Å². The van der Waals surface area contributed by atoms with Crippen molar-refractivity contribution in [2.45, 2.75) is 5.38 Å². The SMILES string of the molecule is COc1c(Br)cc(Cl)cc1C(Cl)c1sccc1Cl. The molecule has 1 heterocycles. The van der Waals surface area contributed by atoms with Gasteiger partial charge in [0.05, 0.1) is 22.0 Å². The third kappa shape index (κ3) is 2.81. The Kier molecular flexibility index (Phi) is 4.84. The van der Waals surface area contributed by atoms with Crippen LogP contribution in [0.25, 0.3) is 0 Å². The molecule has 0 aliphatic heterocycles. The lowest BCUT2D eigenvalue weighted by atomic mass is 10.1. The molecule has 1 aromatic heterocycles. The Morgan fingerprint density at radius 3 is 2.61 bits per heavy atom. The Balaban J connectivity index is 2.54. The number of ether oxygens (including phenoxy) is 1. The molecule has 0 amide bonds. The van der Waals surface area contributed by atoms with Gasteiger partial charge in [-0.05, 0) is 39.5 Å². The van der Waals surface area contributed by atoms with E-state index in [-0.39, 0.29) is 5.38 Å². The van der Waals surface area contributed by atoms with Crippen molar-refractivity contribution in [3.8, 4) is 5.75 Å². The van der Waals surface area contributed by atoms with Crippen LogP contribution in [0.2, 0.25) is 10.0 Å². The number of benzene rings is 1. The molecule has 1 atom stereocenters. The van der Waals surface area contributed by atoms with E-state index in [1.807, 2.05) is 11.4 Å². The number of methoxy groups -OCH3 is 1. The highest BCUT2D eigenvalue weighted by Gasteiger charge is 2.21. The van der Waals surface area contributed by atoms with Crippen LogP contribution in [0, 0.1) is 0 Å². The summed E-state index contributed by atoms with van der Waals surface area (Å²) in [5.41, 5.74) is 0.794. The van der Waals surface area contributed by atoms with Crippen molar-refractivity contribution in [1.29, 1.82) is 0 Å². The first-order chi connectivity index (χ1) is 8.54. The molecular weight excluding hydrogens is 378 g/mol. The fourth-order valence-corrected chi connectivity index (χ4v) is 4.26. The fourth-order valence-electron chi connectivity index (χ4n) is 1.61. The summed E-state index contributed by atoms with van der Waals surface area (Å²) in [6.07, 6.45) is 0. The lowest BCUT2D eigenvalue weighted by molar-refractivity contribution is 0.407. The number of thiophene rings is 1. The fraction of sp³-hybridized carbons (Fsp3) is 0.167. The quantitative estimate of drug-likeness (QED) is 0.575. The number of alkyl halides is 1. The number of halogens is 4. The van der Waals surface area contributed by atoms with Gasteiger partial charge in [-0.1, -0.05) is 23.2 Å². The Hall–Kier alpha value is 0.0700. The van der Waals surface area contributed by atoms with Crippen molar-refractivity contribution >= 4 is 62.1 Å². The second-order valence-electron chi connectivity index (χ2n) is 3.51. The van der Waals surface area contributed by atoms with E-state index in [2.05, 4.69) is 15.9 Å². The molecule has 0 aliphatic rings. The maximum absolute atomic E-state index is 6.47. The van der Waals surface area contributed by atoms with Gasteiger partial charge in [-0.15, -0.1) is 22.9 Å². The molecule has 1 aromatic carbocycles. The molecule has 96 valence electrons. The second-order valence-corrected chi connectivity index (χ2v) is 6.59. The first-order valence-electron chi connectivity index (χ1n) is 4.94. The number of hydrogen-bond acceptors (Lipinski definition) is 2. The van der Waals surface area contributed by atoms with E-state index in [0.29, 0.717) is 15.8 Å². The Morgan fingerprint density at radius 1 is 1.33 bits per heavy atom. The summed E-state index contributed by atoms with van der Waals surface area (Å²) in [4.78, 5) is 0.880. The average Bonchev–Trinajstić information content (AvgIpc) is 2.73. The Morgan fingerprint density at radius 2 is 2.06 bits per heavy atom. The van der Waals surface area contributed by atoms with Gasteiger partial charge in [0.15, 0.2) is 0 Å². The van der Waals surface area contributed by atoms with Gasteiger partial charge >= 0.3 is 0 Å². The van der Waals surface area contributed by atoms with Crippen molar-refractivity contribution in [2.24, 2.45) is 0 Å². The molecule has 2 rings (SSSR count). The van der Waals surface area contributed by atoms with Gasteiger partial charge in [0.1, 0.15) is 5.75 Å². The van der Waals surface area contributed by atoms with Crippen LogP contribution in [-0.4, -0.2) is 7.11 Å². The lowest BCUT2D eigenvalue weighted by Crippen LogP contribution is -1.97. The Labute approximate surface area is 133 Å². The molecule has 1 nitrogen and oxygen atoms in total. The third-order valence-corrected chi connectivity index (χ3v) is 5.20. The van der Waals surface area contributed by atoms with Crippen molar-refractivity contribution in [2.75, 3.05) is 7.11 Å². The topological polar surface area (TPSA) is 9.23 Å². The monoisotopic (exact) mass is 384 g/mol. The van der Waals surface area contributed by atoms with E-state index in [4.69, 9.17) is 39.5 Å². The van der Waals surface area contributed by atoms with Crippen LogP contribution in [-0.2, 0) is 0 Å². The molecule has 0 bridgehead atoms. The smallest absolute Gasteiger partial charge is 0.138 e. The molecule has 0 spiro atoms. The molecule has 0 aliphatic carbocycles. The first kappa shape index (κ1) is 14.5. The van der Waals surface area contributed by atoms with Crippen molar-refractivity contribution in [1.82, 2.24) is 0 Å². The summed E-state index contributed by atoms with van der Waals surface area (Å²) in [6.45, 7) is 0. The molecule has 1 unspecified atom stereocenters. The van der Waals surface area contributed by atoms with Crippen LogP contribution in [0.4, 0.5) is 0 Å². The number of hydrogen-bond donors (Lipinski definition) is 0. The summed E-state index contributed by atoms with van der Waals surface area (Å²) in [5, 5.41) is 2.76. The van der Waals surface area contributed by atoms with Crippen LogP contribution >= 0.6 is 62.1 Å². The van der Waals surface area contributed by atoms with Gasteiger partial charge in [0.2, 0.25) is 0 Å². The van der Waals surface area contributed by atoms with Crippen molar-refractivity contribution in [3.63, 3.8) is 0 Å². The van der Waals surface area contributed by atoms with E-state index in [9.17, 15) is 0 Å². The Bertz CT molecular complexity index is 570. The molecule has 6 heteroatoms. The van der Waals surface area contributed by atoms with Crippen LogP contribution in [0.5, 0.6) is 5.75 Å². The zero-order valence-corrected chi connectivity index (χ0v) is 13.9. The average molecular weight is 387 g/mol. The van der Waals surface area contributed by atoms with Gasteiger partial charge in [-0.3, -0.25) is 0 Å². The highest BCUT2D eigenvalue weighted by atomic mass is 79.9. The maximum Gasteiger partial charge on any atom is 0.138 e. The summed E-state index contributed by atoms with van der Waals surface area (Å²) in [6, 6.07) is 5.38. The molecule has 0 saturated carbocycles. The van der Waals surface area contributed by atoms with E-state index in [1.165, 1.54) is 11.3 Å². The predicted molar refractivity (Wildman–Crippen MR) is 82.7 cm³/mol. The largest absolute Gasteiger partial charge is 0.495 e. The van der Waals surface area contributed by atoms with Gasteiger partial charge < -0.3 is 4.74 Å². The summed E-state index contributed by atoms with van der Waals surface area (Å²) in [7, 11) is 1.59.